The maximum atomic E-state index is 11.5. The summed E-state index contributed by atoms with van der Waals surface area (Å²) < 4.78 is 22.3. The lowest BCUT2D eigenvalue weighted by Crippen LogP contribution is -2.41. The zero-order chi connectivity index (χ0) is 20.1. The van der Waals surface area contributed by atoms with Crippen molar-refractivity contribution in [3.8, 4) is 11.8 Å². The van der Waals surface area contributed by atoms with Gasteiger partial charge in [-0.3, -0.25) is 9.79 Å². The van der Waals surface area contributed by atoms with Gasteiger partial charge in [-0.05, 0) is 74.3 Å². The number of benzene rings is 1. The molecule has 6 nitrogen and oxygen atoms in total. The minimum Gasteiger partial charge on any atom is -0.496 e. The van der Waals surface area contributed by atoms with Gasteiger partial charge in [0, 0.05) is 11.1 Å². The van der Waals surface area contributed by atoms with Gasteiger partial charge in [0.15, 0.2) is 0 Å². The van der Waals surface area contributed by atoms with Crippen LogP contribution in [0.2, 0.25) is 0 Å². The fourth-order valence-corrected chi connectivity index (χ4v) is 6.32. The van der Waals surface area contributed by atoms with Crippen molar-refractivity contribution in [2.24, 2.45) is 23.7 Å². The van der Waals surface area contributed by atoms with E-state index in [9.17, 15) is 19.6 Å². The van der Waals surface area contributed by atoms with E-state index in [0.29, 0.717) is 23.0 Å². The smallest absolute Gasteiger partial charge is 0.496 e. The number of allylic oxidation sites excluding steroid dienone is 1. The van der Waals surface area contributed by atoms with Crippen LogP contribution in [0.5, 0.6) is 5.75 Å². The van der Waals surface area contributed by atoms with Gasteiger partial charge in [-0.15, -0.1) is 0 Å². The summed E-state index contributed by atoms with van der Waals surface area (Å²) in [6.45, 7) is 1.71. The second kappa shape index (κ2) is 7.22. The van der Waals surface area contributed by atoms with Crippen LogP contribution in [0.25, 0.3) is 5.76 Å². The Bertz CT molecular complexity index is 867. The van der Waals surface area contributed by atoms with Gasteiger partial charge in [0.1, 0.15) is 11.5 Å². The molecular formula is C21H26NO5P. The minimum atomic E-state index is -4.74. The molecule has 4 saturated carbocycles. The highest BCUT2D eigenvalue weighted by molar-refractivity contribution is 7.46. The predicted octanol–water partition coefficient (Wildman–Crippen LogP) is 4.60. The molecule has 7 heteroatoms. The van der Waals surface area contributed by atoms with Crippen LogP contribution >= 0.6 is 7.82 Å². The van der Waals surface area contributed by atoms with Gasteiger partial charge in [0.2, 0.25) is 0 Å². The van der Waals surface area contributed by atoms with E-state index in [1.54, 1.807) is 20.1 Å². The maximum absolute atomic E-state index is 11.5. The molecule has 0 amide bonds. The summed E-state index contributed by atoms with van der Waals surface area (Å²) in [6.07, 6.45) is 6.12. The summed E-state index contributed by atoms with van der Waals surface area (Å²) in [7, 11) is -3.10. The molecule has 5 rings (SSSR count). The fourth-order valence-electron chi connectivity index (χ4n) is 5.91. The first-order valence-corrected chi connectivity index (χ1v) is 11.4. The third kappa shape index (κ3) is 3.48. The first kappa shape index (κ1) is 19.5. The molecule has 0 saturated heterocycles. The van der Waals surface area contributed by atoms with Crippen LogP contribution in [-0.2, 0) is 9.30 Å². The summed E-state index contributed by atoms with van der Waals surface area (Å²) >= 11 is 0. The maximum Gasteiger partial charge on any atom is 0.524 e. The molecule has 4 fully saturated rings. The number of nitriles is 1. The minimum absolute atomic E-state index is 0.0406. The van der Waals surface area contributed by atoms with Gasteiger partial charge in [0.05, 0.1) is 19.1 Å². The van der Waals surface area contributed by atoms with Gasteiger partial charge in [-0.1, -0.05) is 12.1 Å². The molecule has 4 aliphatic carbocycles. The Balaban J connectivity index is 1.86. The summed E-state index contributed by atoms with van der Waals surface area (Å²) in [4.78, 5) is 18.6. The molecule has 0 radical (unpaired) electrons. The molecular weight excluding hydrogens is 377 g/mol. The van der Waals surface area contributed by atoms with Crippen molar-refractivity contribution in [1.29, 1.82) is 5.26 Å². The molecule has 1 atom stereocenters. The van der Waals surface area contributed by atoms with E-state index in [0.717, 1.165) is 17.6 Å². The normalized spacial score (nSPS) is 29.3. The highest BCUT2D eigenvalue weighted by Crippen LogP contribution is 2.58. The zero-order valence-electron chi connectivity index (χ0n) is 16.2. The van der Waals surface area contributed by atoms with Crippen LogP contribution in [-0.4, -0.2) is 16.9 Å². The van der Waals surface area contributed by atoms with Gasteiger partial charge in [0.25, 0.3) is 0 Å². The van der Waals surface area contributed by atoms with Crippen LogP contribution in [0.3, 0.4) is 0 Å². The van der Waals surface area contributed by atoms with Crippen molar-refractivity contribution in [2.45, 2.75) is 44.9 Å². The average molecular weight is 403 g/mol. The van der Waals surface area contributed by atoms with Crippen molar-refractivity contribution in [3.05, 3.63) is 34.9 Å². The van der Waals surface area contributed by atoms with Gasteiger partial charge >= 0.3 is 7.82 Å². The molecule has 4 bridgehead atoms. The quantitative estimate of drug-likeness (QED) is 0.551. The summed E-state index contributed by atoms with van der Waals surface area (Å²) in [6, 6.07) is 7.25. The van der Waals surface area contributed by atoms with Gasteiger partial charge in [-0.2, -0.15) is 5.26 Å². The summed E-state index contributed by atoms with van der Waals surface area (Å²) in [5, 5.41) is 9.55. The van der Waals surface area contributed by atoms with E-state index in [-0.39, 0.29) is 5.75 Å². The third-order valence-electron chi connectivity index (χ3n) is 6.64. The molecule has 28 heavy (non-hydrogen) atoms. The van der Waals surface area contributed by atoms with Crippen LogP contribution < -0.4 is 4.52 Å². The molecule has 0 aromatic heterocycles. The van der Waals surface area contributed by atoms with E-state index in [2.05, 4.69) is 6.07 Å². The molecule has 1 aromatic carbocycles. The van der Waals surface area contributed by atoms with Crippen LogP contribution in [0, 0.1) is 35.0 Å². The van der Waals surface area contributed by atoms with E-state index in [1.165, 1.54) is 43.7 Å². The Morgan fingerprint density at radius 3 is 2.29 bits per heavy atom. The average Bonchev–Trinajstić information content (AvgIpc) is 2.62. The lowest BCUT2D eigenvalue weighted by molar-refractivity contribution is 0.0675. The number of rotatable bonds is 5. The van der Waals surface area contributed by atoms with Crippen molar-refractivity contribution in [3.63, 3.8) is 0 Å². The molecule has 2 N–H and O–H groups in total. The Kier molecular flexibility index (Phi) is 5.03. The van der Waals surface area contributed by atoms with Crippen LogP contribution in [0.15, 0.2) is 23.8 Å². The highest BCUT2D eigenvalue weighted by atomic mass is 31.2. The fraction of sp³-hybridized carbons (Fsp3) is 0.571. The molecule has 0 aliphatic heterocycles. The lowest BCUT2D eigenvalue weighted by Gasteiger charge is -2.51. The second-order valence-corrected chi connectivity index (χ2v) is 9.61. The largest absolute Gasteiger partial charge is 0.524 e. The Morgan fingerprint density at radius 1 is 1.18 bits per heavy atom. The van der Waals surface area contributed by atoms with Crippen molar-refractivity contribution >= 4 is 13.6 Å². The molecule has 150 valence electrons. The number of ether oxygens (including phenoxy) is 1. The first-order chi connectivity index (χ1) is 13.3. The van der Waals surface area contributed by atoms with E-state index in [1.807, 2.05) is 6.07 Å². The number of phosphoric ester groups is 1. The topological polar surface area (TPSA) is 99.8 Å². The van der Waals surface area contributed by atoms with E-state index >= 15 is 0 Å². The molecule has 4 aliphatic rings. The monoisotopic (exact) mass is 403 g/mol. The van der Waals surface area contributed by atoms with Crippen LogP contribution in [0.1, 0.15) is 56.1 Å². The number of methoxy groups -OCH3 is 1. The Hall–Kier alpha value is -1.80. The molecule has 1 aromatic rings. The molecule has 1 unspecified atom stereocenters. The zero-order valence-corrected chi connectivity index (χ0v) is 17.1. The first-order valence-electron chi connectivity index (χ1n) is 9.86. The van der Waals surface area contributed by atoms with Crippen LogP contribution in [0.4, 0.5) is 0 Å². The van der Waals surface area contributed by atoms with Crippen molar-refractivity contribution in [1.82, 2.24) is 0 Å². The lowest BCUT2D eigenvalue weighted by atomic mass is 9.54. The standard InChI is InChI=1S/C21H26NO5P/c1-12(11-22)19-17(4-3-5-18(19)27-28(23,24)25)21(26-2)20-15-7-13-6-14(9-15)10-16(20)8-13/h3-5,12-16H,6-10H2,1-2H3,(H2,23,24,25). The van der Waals surface area contributed by atoms with Crippen molar-refractivity contribution < 1.29 is 23.6 Å². The number of hydrogen-bond donors (Lipinski definition) is 2. The Morgan fingerprint density at radius 2 is 1.79 bits per heavy atom. The van der Waals surface area contributed by atoms with E-state index < -0.39 is 13.7 Å². The highest BCUT2D eigenvalue weighted by Gasteiger charge is 2.47. The molecule has 0 spiro atoms. The van der Waals surface area contributed by atoms with Crippen molar-refractivity contribution in [2.75, 3.05) is 7.11 Å². The SMILES string of the molecule is COC(=C1C2CC3CC(C2)CC1C3)c1cccc(OP(=O)(O)O)c1C(C)C#N. The number of hydrogen-bond acceptors (Lipinski definition) is 4. The Labute approximate surface area is 165 Å². The number of nitrogens with zero attached hydrogens (tertiary/aromatic N) is 1. The number of phosphoric acid groups is 1. The van der Waals surface area contributed by atoms with Gasteiger partial charge in [-0.25, -0.2) is 4.57 Å². The van der Waals surface area contributed by atoms with Gasteiger partial charge < -0.3 is 9.26 Å². The predicted molar refractivity (Wildman–Crippen MR) is 104 cm³/mol. The summed E-state index contributed by atoms with van der Waals surface area (Å²) in [5.74, 6) is 2.84. The summed E-state index contributed by atoms with van der Waals surface area (Å²) in [5.41, 5.74) is 2.52. The second-order valence-electron chi connectivity index (χ2n) is 8.44. The molecule has 0 heterocycles. The third-order valence-corrected chi connectivity index (χ3v) is 7.07. The van der Waals surface area contributed by atoms with E-state index in [4.69, 9.17) is 9.26 Å².